The molecule has 2 nitrogen and oxygen atoms in total. The van der Waals surface area contributed by atoms with Crippen LogP contribution in [0.15, 0.2) is 0 Å². The predicted octanol–water partition coefficient (Wildman–Crippen LogP) is 4.63. The van der Waals surface area contributed by atoms with Gasteiger partial charge in [0, 0.05) is 6.42 Å². The Morgan fingerprint density at radius 3 is 1.88 bits per heavy atom. The fraction of sp³-hybridized carbons (Fsp3) is 0.929. The summed E-state index contributed by atoms with van der Waals surface area (Å²) >= 11 is 0. The summed E-state index contributed by atoms with van der Waals surface area (Å²) in [6, 6.07) is 0. The minimum Gasteiger partial charge on any atom is -0.481 e. The number of aliphatic carboxylic acids is 1. The first-order valence-corrected chi connectivity index (χ1v) is 6.92. The molecule has 16 heavy (non-hydrogen) atoms. The van der Waals surface area contributed by atoms with Gasteiger partial charge in [-0.15, -0.1) is 0 Å². The van der Waals surface area contributed by atoms with Crippen LogP contribution in [-0.4, -0.2) is 11.1 Å². The van der Waals surface area contributed by atoms with Crippen molar-refractivity contribution in [2.75, 3.05) is 0 Å². The number of carboxylic acids is 1. The number of carboxylic acid groups (broad SMARTS) is 1. The Hall–Kier alpha value is -0.530. The molecule has 0 amide bonds. The quantitative estimate of drug-likeness (QED) is 0.523. The van der Waals surface area contributed by atoms with Crippen molar-refractivity contribution in [1.82, 2.24) is 0 Å². The predicted molar refractivity (Wildman–Crippen MR) is 68.6 cm³/mol. The van der Waals surface area contributed by atoms with Gasteiger partial charge in [0.25, 0.3) is 0 Å². The molecule has 1 N–H and O–H groups in total. The lowest BCUT2D eigenvalue weighted by Crippen LogP contribution is -2.02. The number of unbranched alkanes of at least 4 members (excludes halogenated alkanes) is 3. The molecule has 0 aromatic rings. The van der Waals surface area contributed by atoms with E-state index < -0.39 is 5.97 Å². The van der Waals surface area contributed by atoms with Crippen LogP contribution in [-0.2, 0) is 4.79 Å². The van der Waals surface area contributed by atoms with Crippen molar-refractivity contribution < 1.29 is 9.90 Å². The van der Waals surface area contributed by atoms with Gasteiger partial charge in [0.2, 0.25) is 0 Å². The van der Waals surface area contributed by atoms with Crippen molar-refractivity contribution >= 4 is 5.97 Å². The molecule has 0 bridgehead atoms. The third-order valence-electron chi connectivity index (χ3n) is 3.18. The number of hydrogen-bond donors (Lipinski definition) is 1. The molecule has 0 aromatic heterocycles. The second kappa shape index (κ2) is 11.0. The van der Waals surface area contributed by atoms with Crippen molar-refractivity contribution in [3.63, 3.8) is 0 Å². The lowest BCUT2D eigenvalue weighted by atomic mass is 9.91. The summed E-state index contributed by atoms with van der Waals surface area (Å²) in [7, 11) is 0. The zero-order valence-corrected chi connectivity index (χ0v) is 11.0. The Kier molecular flexibility index (Phi) is 10.6. The van der Waals surface area contributed by atoms with Gasteiger partial charge in [-0.1, -0.05) is 65.2 Å². The molecular weight excluding hydrogens is 200 g/mol. The minimum atomic E-state index is -0.654. The first-order valence-electron chi connectivity index (χ1n) is 6.92. The standard InChI is InChI=1S/C14H28O2/c1-3-5-9-13(10-6-4-2)11-7-8-12-14(15)16/h13H,3-12H2,1-2H3,(H,15,16). The zero-order chi connectivity index (χ0) is 12.2. The van der Waals surface area contributed by atoms with E-state index in [1.807, 2.05) is 0 Å². The average Bonchev–Trinajstić information content (AvgIpc) is 2.26. The van der Waals surface area contributed by atoms with E-state index >= 15 is 0 Å². The maximum Gasteiger partial charge on any atom is 0.303 e. The van der Waals surface area contributed by atoms with Gasteiger partial charge in [0.1, 0.15) is 0 Å². The summed E-state index contributed by atoms with van der Waals surface area (Å²) in [6.07, 6.45) is 11.4. The lowest BCUT2D eigenvalue weighted by molar-refractivity contribution is -0.137. The van der Waals surface area contributed by atoms with Crippen LogP contribution >= 0.6 is 0 Å². The maximum absolute atomic E-state index is 10.4. The average molecular weight is 228 g/mol. The van der Waals surface area contributed by atoms with Crippen molar-refractivity contribution in [3.8, 4) is 0 Å². The van der Waals surface area contributed by atoms with E-state index in [1.54, 1.807) is 0 Å². The van der Waals surface area contributed by atoms with Crippen LogP contribution in [0.1, 0.15) is 78.1 Å². The third kappa shape index (κ3) is 10.0. The Bertz CT molecular complexity index is 158. The van der Waals surface area contributed by atoms with Crippen molar-refractivity contribution in [2.24, 2.45) is 5.92 Å². The molecule has 0 aliphatic carbocycles. The van der Waals surface area contributed by atoms with Crippen LogP contribution in [0.4, 0.5) is 0 Å². The van der Waals surface area contributed by atoms with Crippen LogP contribution in [0.25, 0.3) is 0 Å². The summed E-state index contributed by atoms with van der Waals surface area (Å²) in [4.78, 5) is 10.4. The van der Waals surface area contributed by atoms with Gasteiger partial charge in [0.05, 0.1) is 0 Å². The van der Waals surface area contributed by atoms with E-state index in [0.717, 1.165) is 18.8 Å². The van der Waals surface area contributed by atoms with Gasteiger partial charge >= 0.3 is 5.97 Å². The van der Waals surface area contributed by atoms with Gasteiger partial charge in [0.15, 0.2) is 0 Å². The molecule has 0 radical (unpaired) electrons. The Balaban J connectivity index is 3.59. The summed E-state index contributed by atoms with van der Waals surface area (Å²) in [5.41, 5.74) is 0. The first-order chi connectivity index (χ1) is 7.70. The summed E-state index contributed by atoms with van der Waals surface area (Å²) in [6.45, 7) is 4.47. The maximum atomic E-state index is 10.4. The largest absolute Gasteiger partial charge is 0.481 e. The van der Waals surface area contributed by atoms with Crippen LogP contribution < -0.4 is 0 Å². The molecule has 96 valence electrons. The molecule has 0 saturated heterocycles. The Morgan fingerprint density at radius 1 is 0.938 bits per heavy atom. The fourth-order valence-corrected chi connectivity index (χ4v) is 2.13. The van der Waals surface area contributed by atoms with Crippen LogP contribution in [0, 0.1) is 5.92 Å². The number of hydrogen-bond acceptors (Lipinski definition) is 1. The lowest BCUT2D eigenvalue weighted by Gasteiger charge is -2.15. The van der Waals surface area contributed by atoms with Crippen LogP contribution in [0.2, 0.25) is 0 Å². The second-order valence-corrected chi connectivity index (χ2v) is 4.79. The molecular formula is C14H28O2. The van der Waals surface area contributed by atoms with E-state index in [9.17, 15) is 4.79 Å². The topological polar surface area (TPSA) is 37.3 Å². The van der Waals surface area contributed by atoms with E-state index in [4.69, 9.17) is 5.11 Å². The monoisotopic (exact) mass is 228 g/mol. The first kappa shape index (κ1) is 15.5. The van der Waals surface area contributed by atoms with Gasteiger partial charge in [-0.3, -0.25) is 4.79 Å². The Morgan fingerprint density at radius 2 is 1.44 bits per heavy atom. The smallest absolute Gasteiger partial charge is 0.303 e. The number of rotatable bonds is 11. The van der Waals surface area contributed by atoms with Gasteiger partial charge in [-0.25, -0.2) is 0 Å². The highest BCUT2D eigenvalue weighted by molar-refractivity contribution is 5.66. The molecule has 0 aromatic carbocycles. The van der Waals surface area contributed by atoms with E-state index in [0.29, 0.717) is 6.42 Å². The van der Waals surface area contributed by atoms with Gasteiger partial charge in [-0.05, 0) is 12.3 Å². The molecule has 0 aliphatic heterocycles. The zero-order valence-electron chi connectivity index (χ0n) is 11.0. The molecule has 0 unspecified atom stereocenters. The molecule has 0 fully saturated rings. The molecule has 2 heteroatoms. The van der Waals surface area contributed by atoms with Gasteiger partial charge in [-0.2, -0.15) is 0 Å². The second-order valence-electron chi connectivity index (χ2n) is 4.79. The summed E-state index contributed by atoms with van der Waals surface area (Å²) in [5.74, 6) is 0.187. The van der Waals surface area contributed by atoms with E-state index in [2.05, 4.69) is 13.8 Å². The molecule has 0 rings (SSSR count). The van der Waals surface area contributed by atoms with Crippen molar-refractivity contribution in [3.05, 3.63) is 0 Å². The molecule has 0 spiro atoms. The van der Waals surface area contributed by atoms with Crippen molar-refractivity contribution in [1.29, 1.82) is 0 Å². The SMILES string of the molecule is CCCCC(CCCC)CCCCC(=O)O. The highest BCUT2D eigenvalue weighted by Crippen LogP contribution is 2.22. The molecule has 0 aliphatic rings. The molecule has 0 saturated carbocycles. The summed E-state index contributed by atoms with van der Waals surface area (Å²) in [5, 5.41) is 8.56. The Labute approximate surface area is 100 Å². The number of carbonyl (C=O) groups is 1. The van der Waals surface area contributed by atoms with Crippen molar-refractivity contribution in [2.45, 2.75) is 78.1 Å². The molecule has 0 heterocycles. The van der Waals surface area contributed by atoms with Crippen LogP contribution in [0.5, 0.6) is 0 Å². The highest BCUT2D eigenvalue weighted by Gasteiger charge is 2.08. The fourth-order valence-electron chi connectivity index (χ4n) is 2.13. The third-order valence-corrected chi connectivity index (χ3v) is 3.18. The van der Waals surface area contributed by atoms with E-state index in [1.165, 1.54) is 44.9 Å². The normalized spacial score (nSPS) is 10.9. The highest BCUT2D eigenvalue weighted by atomic mass is 16.4. The van der Waals surface area contributed by atoms with Crippen LogP contribution in [0.3, 0.4) is 0 Å². The minimum absolute atomic E-state index is 0.342. The summed E-state index contributed by atoms with van der Waals surface area (Å²) < 4.78 is 0. The van der Waals surface area contributed by atoms with E-state index in [-0.39, 0.29) is 0 Å². The van der Waals surface area contributed by atoms with Gasteiger partial charge < -0.3 is 5.11 Å². The molecule has 0 atom stereocenters.